The fraction of sp³-hybridized carbons (Fsp3) is 0.611. The molecule has 0 radical (unpaired) electrons. The van der Waals surface area contributed by atoms with Crippen LogP contribution in [-0.4, -0.2) is 19.2 Å². The van der Waals surface area contributed by atoms with E-state index in [1.54, 1.807) is 0 Å². The fourth-order valence-electron chi connectivity index (χ4n) is 2.99. The maximum absolute atomic E-state index is 11.6. The van der Waals surface area contributed by atoms with E-state index in [-0.39, 0.29) is 6.09 Å². The van der Waals surface area contributed by atoms with Crippen LogP contribution in [0.25, 0.3) is 0 Å². The topological polar surface area (TPSA) is 38.3 Å². The second-order valence-corrected chi connectivity index (χ2v) is 5.94. The van der Waals surface area contributed by atoms with E-state index in [1.165, 1.54) is 44.1 Å². The second-order valence-electron chi connectivity index (χ2n) is 5.94. The van der Waals surface area contributed by atoms with E-state index in [9.17, 15) is 4.79 Å². The summed E-state index contributed by atoms with van der Waals surface area (Å²) in [6.07, 6.45) is 9.70. The van der Waals surface area contributed by atoms with Crippen molar-refractivity contribution in [2.75, 3.05) is 13.2 Å². The van der Waals surface area contributed by atoms with Gasteiger partial charge < -0.3 is 10.1 Å². The van der Waals surface area contributed by atoms with Gasteiger partial charge in [-0.2, -0.15) is 0 Å². The molecule has 1 aliphatic carbocycles. The molecule has 2 rings (SSSR count). The van der Waals surface area contributed by atoms with Gasteiger partial charge in [0, 0.05) is 13.0 Å². The van der Waals surface area contributed by atoms with Gasteiger partial charge in [-0.25, -0.2) is 4.79 Å². The van der Waals surface area contributed by atoms with Gasteiger partial charge in [-0.05, 0) is 17.9 Å². The normalized spacial score (nSPS) is 16.2. The zero-order chi connectivity index (χ0) is 14.8. The largest absolute Gasteiger partial charge is 0.449 e. The molecule has 1 aliphatic rings. The maximum Gasteiger partial charge on any atom is 0.407 e. The molecule has 0 aliphatic heterocycles. The molecule has 21 heavy (non-hydrogen) atoms. The quantitative estimate of drug-likeness (QED) is 0.792. The van der Waals surface area contributed by atoms with E-state index in [0.29, 0.717) is 6.61 Å². The average Bonchev–Trinajstić information content (AvgIpc) is 2.77. The molecule has 0 atom stereocenters. The summed E-state index contributed by atoms with van der Waals surface area (Å²) < 4.78 is 5.21. The predicted octanol–water partition coefficient (Wildman–Crippen LogP) is 4.32. The van der Waals surface area contributed by atoms with Gasteiger partial charge in [0.15, 0.2) is 0 Å². The minimum Gasteiger partial charge on any atom is -0.449 e. The molecule has 0 saturated heterocycles. The van der Waals surface area contributed by atoms with E-state index >= 15 is 0 Å². The smallest absolute Gasteiger partial charge is 0.407 e. The molecule has 3 nitrogen and oxygen atoms in total. The zero-order valence-electron chi connectivity index (χ0n) is 12.9. The highest BCUT2D eigenvalue weighted by Crippen LogP contribution is 2.24. The third kappa shape index (κ3) is 6.65. The number of hydrogen-bond donors (Lipinski definition) is 1. The van der Waals surface area contributed by atoms with Crippen molar-refractivity contribution in [3.8, 4) is 0 Å². The summed E-state index contributed by atoms with van der Waals surface area (Å²) in [5.41, 5.74) is 1.20. The summed E-state index contributed by atoms with van der Waals surface area (Å²) in [5, 5.41) is 2.88. The Kier molecular flexibility index (Phi) is 7.13. The highest BCUT2D eigenvalue weighted by atomic mass is 16.5. The molecule has 1 fully saturated rings. The molecule has 1 aromatic rings. The van der Waals surface area contributed by atoms with Crippen LogP contribution in [0.3, 0.4) is 0 Å². The van der Waals surface area contributed by atoms with Crippen molar-refractivity contribution < 1.29 is 9.53 Å². The van der Waals surface area contributed by atoms with Crippen molar-refractivity contribution in [1.29, 1.82) is 0 Å². The SMILES string of the molecule is O=C(NCCC1CCCCCC1)OCCc1ccccc1. The van der Waals surface area contributed by atoms with E-state index in [2.05, 4.69) is 5.32 Å². The van der Waals surface area contributed by atoms with Gasteiger partial charge >= 0.3 is 6.09 Å². The number of alkyl carbamates (subject to hydrolysis) is 1. The lowest BCUT2D eigenvalue weighted by atomic mass is 9.97. The first-order valence-electron chi connectivity index (χ1n) is 8.29. The molecule has 1 amide bonds. The van der Waals surface area contributed by atoms with E-state index in [4.69, 9.17) is 4.74 Å². The number of nitrogens with one attached hydrogen (secondary N) is 1. The standard InChI is InChI=1S/C18H27NO2/c20-18(21-15-13-17-10-6-3-7-11-17)19-14-12-16-8-4-1-2-5-9-16/h3,6-7,10-11,16H,1-2,4-5,8-9,12-15H2,(H,19,20). The number of carbonyl (C=O) groups is 1. The van der Waals surface area contributed by atoms with Gasteiger partial charge in [-0.3, -0.25) is 0 Å². The Labute approximate surface area is 128 Å². The van der Waals surface area contributed by atoms with Crippen molar-refractivity contribution in [2.24, 2.45) is 5.92 Å². The molecule has 1 N–H and O–H groups in total. The van der Waals surface area contributed by atoms with Crippen LogP contribution in [0, 0.1) is 5.92 Å². The Morgan fingerprint density at radius 1 is 1.10 bits per heavy atom. The van der Waals surface area contributed by atoms with Crippen LogP contribution in [0.15, 0.2) is 30.3 Å². The lowest BCUT2D eigenvalue weighted by Crippen LogP contribution is -2.27. The minimum atomic E-state index is -0.278. The molecular formula is C18H27NO2. The van der Waals surface area contributed by atoms with Crippen LogP contribution in [0.2, 0.25) is 0 Å². The highest BCUT2D eigenvalue weighted by molar-refractivity contribution is 5.67. The summed E-state index contributed by atoms with van der Waals surface area (Å²) in [4.78, 5) is 11.6. The lowest BCUT2D eigenvalue weighted by Gasteiger charge is -2.14. The summed E-state index contributed by atoms with van der Waals surface area (Å²) in [7, 11) is 0. The Bertz CT molecular complexity index is 397. The summed E-state index contributed by atoms with van der Waals surface area (Å²) in [6.45, 7) is 1.19. The highest BCUT2D eigenvalue weighted by Gasteiger charge is 2.12. The summed E-state index contributed by atoms with van der Waals surface area (Å²) >= 11 is 0. The lowest BCUT2D eigenvalue weighted by molar-refractivity contribution is 0.146. The van der Waals surface area contributed by atoms with Crippen molar-refractivity contribution >= 4 is 6.09 Å². The van der Waals surface area contributed by atoms with E-state index in [0.717, 1.165) is 25.3 Å². The zero-order valence-corrected chi connectivity index (χ0v) is 12.9. The molecular weight excluding hydrogens is 262 g/mol. The van der Waals surface area contributed by atoms with Crippen LogP contribution in [0.4, 0.5) is 4.79 Å². The molecule has 0 bridgehead atoms. The minimum absolute atomic E-state index is 0.278. The van der Waals surface area contributed by atoms with Crippen molar-refractivity contribution in [3.63, 3.8) is 0 Å². The molecule has 0 spiro atoms. The van der Waals surface area contributed by atoms with Crippen molar-refractivity contribution in [2.45, 2.75) is 51.4 Å². The molecule has 116 valence electrons. The van der Waals surface area contributed by atoms with E-state index < -0.39 is 0 Å². The van der Waals surface area contributed by atoms with Crippen LogP contribution < -0.4 is 5.32 Å². The van der Waals surface area contributed by atoms with Crippen LogP contribution in [0.5, 0.6) is 0 Å². The Hall–Kier alpha value is -1.51. The van der Waals surface area contributed by atoms with Crippen LogP contribution in [0.1, 0.15) is 50.5 Å². The Morgan fingerprint density at radius 2 is 1.81 bits per heavy atom. The first kappa shape index (κ1) is 15.9. The monoisotopic (exact) mass is 289 g/mol. The van der Waals surface area contributed by atoms with Gasteiger partial charge in [0.1, 0.15) is 0 Å². The first-order valence-corrected chi connectivity index (χ1v) is 8.29. The number of rotatable bonds is 6. The third-order valence-electron chi connectivity index (χ3n) is 4.26. The fourth-order valence-corrected chi connectivity index (χ4v) is 2.99. The van der Waals surface area contributed by atoms with Crippen molar-refractivity contribution in [3.05, 3.63) is 35.9 Å². The molecule has 3 heteroatoms. The third-order valence-corrected chi connectivity index (χ3v) is 4.26. The van der Waals surface area contributed by atoms with Gasteiger partial charge in [-0.15, -0.1) is 0 Å². The summed E-state index contributed by atoms with van der Waals surface area (Å²) in [5.74, 6) is 0.789. The number of ether oxygens (including phenoxy) is 1. The van der Waals surface area contributed by atoms with E-state index in [1.807, 2.05) is 30.3 Å². The molecule has 0 heterocycles. The maximum atomic E-state index is 11.6. The number of amides is 1. The first-order chi connectivity index (χ1) is 10.3. The average molecular weight is 289 g/mol. The summed E-state index contributed by atoms with van der Waals surface area (Å²) in [6, 6.07) is 10.1. The number of carbonyl (C=O) groups excluding carboxylic acids is 1. The van der Waals surface area contributed by atoms with Gasteiger partial charge in [-0.1, -0.05) is 68.9 Å². The van der Waals surface area contributed by atoms with Gasteiger partial charge in [0.2, 0.25) is 0 Å². The van der Waals surface area contributed by atoms with Crippen LogP contribution >= 0.6 is 0 Å². The van der Waals surface area contributed by atoms with Gasteiger partial charge in [0.25, 0.3) is 0 Å². The Balaban J connectivity index is 1.53. The Morgan fingerprint density at radius 3 is 2.52 bits per heavy atom. The predicted molar refractivity (Wildman–Crippen MR) is 85.3 cm³/mol. The second kappa shape index (κ2) is 9.43. The molecule has 0 unspecified atom stereocenters. The number of benzene rings is 1. The molecule has 1 saturated carbocycles. The number of hydrogen-bond acceptors (Lipinski definition) is 2. The van der Waals surface area contributed by atoms with Crippen molar-refractivity contribution in [1.82, 2.24) is 5.32 Å². The molecule has 1 aromatic carbocycles. The molecule has 0 aromatic heterocycles. The van der Waals surface area contributed by atoms with Crippen LogP contribution in [-0.2, 0) is 11.2 Å². The van der Waals surface area contributed by atoms with Gasteiger partial charge in [0.05, 0.1) is 6.61 Å².